The maximum Gasteiger partial charge on any atom is 0.260 e. The molecule has 0 saturated carbocycles. The van der Waals surface area contributed by atoms with Crippen LogP contribution in [0.4, 0.5) is 10.1 Å². The SMILES string of the molecule is O=C(COc1ccc(S(=O)(=O)N2CCCCC2)cc1)N1CCN(c2ccccc2F)CC1. The lowest BCUT2D eigenvalue weighted by molar-refractivity contribution is -0.133. The number of hydrogen-bond donors (Lipinski definition) is 0. The molecule has 0 unspecified atom stereocenters. The predicted molar refractivity (Wildman–Crippen MR) is 120 cm³/mol. The van der Waals surface area contributed by atoms with Crippen molar-refractivity contribution in [2.75, 3.05) is 50.8 Å². The largest absolute Gasteiger partial charge is 0.484 e. The Morgan fingerprint density at radius 1 is 0.875 bits per heavy atom. The molecular weight excluding hydrogens is 433 g/mol. The Morgan fingerprint density at radius 3 is 2.19 bits per heavy atom. The van der Waals surface area contributed by atoms with Crippen LogP contribution in [0.1, 0.15) is 19.3 Å². The van der Waals surface area contributed by atoms with Crippen molar-refractivity contribution < 1.29 is 22.3 Å². The van der Waals surface area contributed by atoms with Gasteiger partial charge >= 0.3 is 0 Å². The molecular formula is C23H28FN3O4S. The van der Waals surface area contributed by atoms with E-state index in [0.717, 1.165) is 19.3 Å². The molecule has 2 heterocycles. The number of halogens is 1. The Labute approximate surface area is 188 Å². The summed E-state index contributed by atoms with van der Waals surface area (Å²) >= 11 is 0. The highest BCUT2D eigenvalue weighted by Crippen LogP contribution is 2.23. The second-order valence-corrected chi connectivity index (χ2v) is 9.98. The molecule has 2 saturated heterocycles. The molecule has 4 rings (SSSR count). The van der Waals surface area contributed by atoms with Crippen molar-refractivity contribution in [2.24, 2.45) is 0 Å². The number of sulfonamides is 1. The number of hydrogen-bond acceptors (Lipinski definition) is 5. The second kappa shape index (κ2) is 9.87. The van der Waals surface area contributed by atoms with Gasteiger partial charge in [-0.05, 0) is 49.2 Å². The van der Waals surface area contributed by atoms with E-state index in [4.69, 9.17) is 4.74 Å². The smallest absolute Gasteiger partial charge is 0.260 e. The summed E-state index contributed by atoms with van der Waals surface area (Å²) < 4.78 is 46.5. The molecule has 2 aromatic carbocycles. The fourth-order valence-electron chi connectivity index (χ4n) is 4.10. The average Bonchev–Trinajstić information content (AvgIpc) is 2.84. The van der Waals surface area contributed by atoms with E-state index in [0.29, 0.717) is 50.7 Å². The van der Waals surface area contributed by atoms with Gasteiger partial charge in [-0.3, -0.25) is 4.79 Å². The minimum atomic E-state index is -3.49. The van der Waals surface area contributed by atoms with Crippen molar-refractivity contribution in [3.05, 3.63) is 54.3 Å². The van der Waals surface area contributed by atoms with Gasteiger partial charge in [0.25, 0.3) is 5.91 Å². The first-order valence-electron chi connectivity index (χ1n) is 11.0. The zero-order valence-electron chi connectivity index (χ0n) is 18.0. The maximum absolute atomic E-state index is 14.0. The van der Waals surface area contributed by atoms with Gasteiger partial charge in [0, 0.05) is 39.3 Å². The first kappa shape index (κ1) is 22.5. The third kappa shape index (κ3) is 5.05. The molecule has 0 radical (unpaired) electrons. The number of piperazine rings is 1. The van der Waals surface area contributed by atoms with Crippen molar-refractivity contribution in [3.8, 4) is 5.75 Å². The highest BCUT2D eigenvalue weighted by atomic mass is 32.2. The van der Waals surface area contributed by atoms with Crippen LogP contribution in [0.2, 0.25) is 0 Å². The Morgan fingerprint density at radius 2 is 1.53 bits per heavy atom. The number of benzene rings is 2. The van der Waals surface area contributed by atoms with Crippen molar-refractivity contribution in [2.45, 2.75) is 24.2 Å². The van der Waals surface area contributed by atoms with Crippen LogP contribution >= 0.6 is 0 Å². The van der Waals surface area contributed by atoms with E-state index in [9.17, 15) is 17.6 Å². The van der Waals surface area contributed by atoms with Crippen LogP contribution in [0.15, 0.2) is 53.4 Å². The molecule has 7 nitrogen and oxygen atoms in total. The molecule has 0 bridgehead atoms. The molecule has 0 N–H and O–H groups in total. The summed E-state index contributed by atoms with van der Waals surface area (Å²) in [6.07, 6.45) is 2.83. The molecule has 0 aromatic heterocycles. The Balaban J connectivity index is 1.28. The van der Waals surface area contributed by atoms with E-state index in [1.807, 2.05) is 4.90 Å². The molecule has 172 valence electrons. The number of para-hydroxylation sites is 1. The molecule has 1 amide bonds. The molecule has 2 aliphatic rings. The maximum atomic E-state index is 14.0. The summed E-state index contributed by atoms with van der Waals surface area (Å²) in [5.41, 5.74) is 0.551. The van der Waals surface area contributed by atoms with Gasteiger partial charge in [0.15, 0.2) is 6.61 Å². The zero-order valence-corrected chi connectivity index (χ0v) is 18.8. The lowest BCUT2D eigenvalue weighted by atomic mass is 10.2. The van der Waals surface area contributed by atoms with Gasteiger partial charge in [0.05, 0.1) is 10.6 Å². The van der Waals surface area contributed by atoms with Crippen molar-refractivity contribution in [1.29, 1.82) is 0 Å². The van der Waals surface area contributed by atoms with Gasteiger partial charge < -0.3 is 14.5 Å². The zero-order chi connectivity index (χ0) is 22.6. The van der Waals surface area contributed by atoms with Gasteiger partial charge in [0.2, 0.25) is 10.0 Å². The molecule has 2 aromatic rings. The third-order valence-electron chi connectivity index (χ3n) is 5.96. The molecule has 0 aliphatic carbocycles. The second-order valence-electron chi connectivity index (χ2n) is 8.04. The first-order valence-corrected chi connectivity index (χ1v) is 12.4. The number of nitrogens with zero attached hydrogens (tertiary/aromatic N) is 3. The number of piperidine rings is 1. The number of anilines is 1. The van der Waals surface area contributed by atoms with Crippen molar-refractivity contribution in [3.63, 3.8) is 0 Å². The Hall–Kier alpha value is -2.65. The summed E-state index contributed by atoms with van der Waals surface area (Å²) in [6.45, 7) is 3.06. The first-order chi connectivity index (χ1) is 15.4. The van der Waals surface area contributed by atoms with Crippen LogP contribution in [0.25, 0.3) is 0 Å². The normalized spacial score (nSPS) is 17.9. The van der Waals surface area contributed by atoms with Crippen LogP contribution < -0.4 is 9.64 Å². The molecule has 2 fully saturated rings. The summed E-state index contributed by atoms with van der Waals surface area (Å²) in [6, 6.07) is 12.8. The lowest BCUT2D eigenvalue weighted by Crippen LogP contribution is -2.50. The van der Waals surface area contributed by atoms with Crippen molar-refractivity contribution >= 4 is 21.6 Å². The fourth-order valence-corrected chi connectivity index (χ4v) is 5.62. The van der Waals surface area contributed by atoms with E-state index < -0.39 is 10.0 Å². The molecule has 0 spiro atoms. The number of amides is 1. The van der Waals surface area contributed by atoms with E-state index in [2.05, 4.69) is 0 Å². The highest BCUT2D eigenvalue weighted by molar-refractivity contribution is 7.89. The van der Waals surface area contributed by atoms with Gasteiger partial charge in [0.1, 0.15) is 11.6 Å². The van der Waals surface area contributed by atoms with Crippen LogP contribution in [0, 0.1) is 5.82 Å². The molecule has 2 aliphatic heterocycles. The highest BCUT2D eigenvalue weighted by Gasteiger charge is 2.26. The minimum Gasteiger partial charge on any atom is -0.484 e. The van der Waals surface area contributed by atoms with Crippen LogP contribution in [-0.2, 0) is 14.8 Å². The van der Waals surface area contributed by atoms with Crippen molar-refractivity contribution in [1.82, 2.24) is 9.21 Å². The number of carbonyl (C=O) groups is 1. The summed E-state index contributed by atoms with van der Waals surface area (Å²) in [7, 11) is -3.49. The van der Waals surface area contributed by atoms with Gasteiger partial charge in [-0.2, -0.15) is 4.31 Å². The minimum absolute atomic E-state index is 0.127. The van der Waals surface area contributed by atoms with E-state index in [-0.39, 0.29) is 23.2 Å². The number of ether oxygens (including phenoxy) is 1. The van der Waals surface area contributed by atoms with E-state index >= 15 is 0 Å². The Kier molecular flexibility index (Phi) is 6.95. The van der Waals surface area contributed by atoms with Gasteiger partial charge in [-0.25, -0.2) is 12.8 Å². The molecule has 0 atom stereocenters. The van der Waals surface area contributed by atoms with Gasteiger partial charge in [-0.15, -0.1) is 0 Å². The molecule has 9 heteroatoms. The number of carbonyl (C=O) groups excluding carboxylic acids is 1. The van der Waals surface area contributed by atoms with E-state index in [1.165, 1.54) is 22.5 Å². The average molecular weight is 462 g/mol. The monoisotopic (exact) mass is 461 g/mol. The lowest BCUT2D eigenvalue weighted by Gasteiger charge is -2.36. The topological polar surface area (TPSA) is 70.2 Å². The van der Waals surface area contributed by atoms with Gasteiger partial charge in [-0.1, -0.05) is 18.6 Å². The standard InChI is InChI=1S/C23H28FN3O4S/c24-21-6-2-3-7-22(21)25-14-16-26(17-15-25)23(28)18-31-19-8-10-20(11-9-19)32(29,30)27-12-4-1-5-13-27/h2-3,6-11H,1,4-5,12-18H2. The van der Waals surface area contributed by atoms with Crippen LogP contribution in [0.5, 0.6) is 5.75 Å². The van der Waals surface area contributed by atoms with Crippen LogP contribution in [-0.4, -0.2) is 69.4 Å². The Bertz CT molecular complexity index is 1030. The summed E-state index contributed by atoms with van der Waals surface area (Å²) in [4.78, 5) is 16.4. The fraction of sp³-hybridized carbons (Fsp3) is 0.435. The summed E-state index contributed by atoms with van der Waals surface area (Å²) in [5, 5.41) is 0. The number of rotatable bonds is 6. The van der Waals surface area contributed by atoms with Crippen LogP contribution in [0.3, 0.4) is 0 Å². The third-order valence-corrected chi connectivity index (χ3v) is 7.88. The molecule has 32 heavy (non-hydrogen) atoms. The quantitative estimate of drug-likeness (QED) is 0.662. The van der Waals surface area contributed by atoms with E-state index in [1.54, 1.807) is 35.2 Å². The summed E-state index contributed by atoms with van der Waals surface area (Å²) in [5.74, 6) is 0.0329. The predicted octanol–water partition coefficient (Wildman–Crippen LogP) is 2.73.